The van der Waals surface area contributed by atoms with Gasteiger partial charge in [0, 0.05) is 6.42 Å². The van der Waals surface area contributed by atoms with Crippen LogP contribution in [0.15, 0.2) is 24.3 Å². The lowest BCUT2D eigenvalue weighted by Gasteiger charge is -2.23. The predicted octanol–water partition coefficient (Wildman–Crippen LogP) is 12.4. The van der Waals surface area contributed by atoms with E-state index in [2.05, 4.69) is 38.2 Å². The third kappa shape index (κ3) is 35.2. The minimum Gasteiger partial charge on any atom is -0.458 e. The highest BCUT2D eigenvalue weighted by molar-refractivity contribution is 5.78. The number of ether oxygens (including phenoxy) is 1. The molecule has 0 aliphatic heterocycles. The number of amides is 1. The van der Waals surface area contributed by atoms with Crippen LogP contribution in [0.25, 0.3) is 0 Å². The molecule has 300 valence electrons. The van der Waals surface area contributed by atoms with Crippen LogP contribution in [0.3, 0.4) is 0 Å². The third-order valence-electron chi connectivity index (χ3n) is 10.0. The van der Waals surface area contributed by atoms with Crippen LogP contribution >= 0.6 is 0 Å². The van der Waals surface area contributed by atoms with E-state index in [0.717, 1.165) is 51.4 Å². The molecule has 0 aromatic rings. The molecule has 6 heteroatoms. The summed E-state index contributed by atoms with van der Waals surface area (Å²) in [5.41, 5.74) is 0. The molecule has 0 aliphatic carbocycles. The first kappa shape index (κ1) is 49.3. The van der Waals surface area contributed by atoms with Gasteiger partial charge in [0.1, 0.15) is 6.10 Å². The van der Waals surface area contributed by atoms with Crippen LogP contribution in [-0.4, -0.2) is 46.9 Å². The van der Waals surface area contributed by atoms with Gasteiger partial charge in [0.2, 0.25) is 5.91 Å². The van der Waals surface area contributed by atoms with E-state index in [0.29, 0.717) is 12.8 Å². The maximum atomic E-state index is 13.0. The first-order valence-corrected chi connectivity index (χ1v) is 22.1. The lowest BCUT2D eigenvalue weighted by molar-refractivity contribution is -0.148. The number of unbranched alkanes of at least 4 members (excludes halogenated alkanes) is 25. The minimum atomic E-state index is -0.803. The Hall–Kier alpha value is -1.66. The highest BCUT2D eigenvalue weighted by Gasteiger charge is 2.23. The van der Waals surface area contributed by atoms with Gasteiger partial charge >= 0.3 is 5.97 Å². The van der Waals surface area contributed by atoms with Crippen molar-refractivity contribution in [3.8, 4) is 0 Å². The first-order valence-electron chi connectivity index (χ1n) is 22.1. The van der Waals surface area contributed by atoms with Gasteiger partial charge in [0.05, 0.1) is 25.2 Å². The molecule has 0 spiro atoms. The summed E-state index contributed by atoms with van der Waals surface area (Å²) in [7, 11) is 0. The van der Waals surface area contributed by atoms with Gasteiger partial charge in [0.15, 0.2) is 0 Å². The van der Waals surface area contributed by atoms with Gasteiger partial charge in [0.25, 0.3) is 0 Å². The number of aliphatic hydroxyl groups is 2. The maximum absolute atomic E-state index is 13.0. The van der Waals surface area contributed by atoms with Crippen molar-refractivity contribution in [1.82, 2.24) is 5.32 Å². The summed E-state index contributed by atoms with van der Waals surface area (Å²) in [4.78, 5) is 25.8. The van der Waals surface area contributed by atoms with E-state index in [1.807, 2.05) is 12.2 Å². The van der Waals surface area contributed by atoms with E-state index in [1.165, 1.54) is 135 Å². The lowest BCUT2D eigenvalue weighted by atomic mass is 10.0. The van der Waals surface area contributed by atoms with E-state index in [1.54, 1.807) is 0 Å². The zero-order valence-electron chi connectivity index (χ0n) is 34.0. The van der Waals surface area contributed by atoms with Crippen molar-refractivity contribution in [3.05, 3.63) is 24.3 Å². The van der Waals surface area contributed by atoms with Crippen LogP contribution in [0.2, 0.25) is 0 Å². The first-order chi connectivity index (χ1) is 25.0. The molecule has 0 bridgehead atoms. The molecule has 0 fully saturated rings. The normalized spacial score (nSPS) is 13.6. The summed E-state index contributed by atoms with van der Waals surface area (Å²) in [6.45, 7) is 6.40. The van der Waals surface area contributed by atoms with Gasteiger partial charge in [-0.1, -0.05) is 200 Å². The quantitative estimate of drug-likeness (QED) is 0.0334. The van der Waals surface area contributed by atoms with Crippen molar-refractivity contribution in [2.45, 2.75) is 244 Å². The van der Waals surface area contributed by atoms with Crippen molar-refractivity contribution < 1.29 is 24.5 Å². The summed E-state index contributed by atoms with van der Waals surface area (Å²) >= 11 is 0. The zero-order valence-corrected chi connectivity index (χ0v) is 34.0. The fraction of sp³-hybridized carbons (Fsp3) is 0.867. The molecule has 51 heavy (non-hydrogen) atoms. The Bertz CT molecular complexity index is 812. The van der Waals surface area contributed by atoms with Crippen LogP contribution < -0.4 is 5.32 Å². The topological polar surface area (TPSA) is 95.9 Å². The summed E-state index contributed by atoms with van der Waals surface area (Å²) in [6, 6.07) is -0.724. The van der Waals surface area contributed by atoms with Crippen molar-refractivity contribution in [3.63, 3.8) is 0 Å². The Morgan fingerprint density at radius 1 is 0.588 bits per heavy atom. The number of allylic oxidation sites excluding steroid dienone is 3. The van der Waals surface area contributed by atoms with Crippen LogP contribution in [0.1, 0.15) is 226 Å². The summed E-state index contributed by atoms with van der Waals surface area (Å²) in [5.74, 6) is -0.598. The van der Waals surface area contributed by atoms with Crippen LogP contribution in [0.5, 0.6) is 0 Å². The molecular formula is C45H85NO5. The Morgan fingerprint density at radius 2 is 1.04 bits per heavy atom. The smallest absolute Gasteiger partial charge is 0.306 e. The number of hydrogen-bond acceptors (Lipinski definition) is 5. The molecule has 0 aromatic carbocycles. The number of esters is 1. The van der Waals surface area contributed by atoms with E-state index >= 15 is 0 Å². The molecule has 0 saturated carbocycles. The van der Waals surface area contributed by atoms with Crippen molar-refractivity contribution in [1.29, 1.82) is 0 Å². The number of aliphatic hydroxyl groups excluding tert-OH is 2. The van der Waals surface area contributed by atoms with Gasteiger partial charge < -0.3 is 20.3 Å². The van der Waals surface area contributed by atoms with Crippen molar-refractivity contribution in [2.24, 2.45) is 0 Å². The Balaban J connectivity index is 4.68. The highest BCUT2D eigenvalue weighted by Crippen LogP contribution is 2.15. The molecular weight excluding hydrogens is 634 g/mol. The van der Waals surface area contributed by atoms with E-state index in [-0.39, 0.29) is 24.9 Å². The van der Waals surface area contributed by atoms with Gasteiger partial charge in [-0.15, -0.1) is 0 Å². The summed E-state index contributed by atoms with van der Waals surface area (Å²) in [5, 5.41) is 23.5. The fourth-order valence-corrected chi connectivity index (χ4v) is 6.63. The Morgan fingerprint density at radius 3 is 1.53 bits per heavy atom. The van der Waals surface area contributed by atoms with Crippen LogP contribution in [0.4, 0.5) is 0 Å². The average Bonchev–Trinajstić information content (AvgIpc) is 3.12. The van der Waals surface area contributed by atoms with Gasteiger partial charge in [-0.3, -0.25) is 9.59 Å². The standard InChI is InChI=1S/C45H85NO5/c1-4-7-10-13-16-19-21-23-26-29-32-35-38-45(50)51-41(36-33-30-27-25-22-20-17-14-11-8-5-2)39-44(49)46-42(40-47)43(48)37-34-31-28-24-18-15-12-9-6-3/h25,27,33,36,41-43,47-48H,4-24,26,28-32,34-35,37-40H2,1-3H3,(H,46,49)/b27-25-,36-33+. The molecule has 3 unspecified atom stereocenters. The lowest BCUT2D eigenvalue weighted by Crippen LogP contribution is -2.46. The largest absolute Gasteiger partial charge is 0.458 e. The molecule has 0 rings (SSSR count). The summed E-state index contributed by atoms with van der Waals surface area (Å²) in [6.07, 6.45) is 42.7. The SMILES string of the molecule is CCCCCCCC/C=C\C/C=C/C(CC(=O)NC(CO)C(O)CCCCCCCCCCC)OC(=O)CCCCCCCCCCCCCC. The second-order valence-corrected chi connectivity index (χ2v) is 15.1. The van der Waals surface area contributed by atoms with Crippen LogP contribution in [-0.2, 0) is 14.3 Å². The number of carbonyl (C=O) groups is 2. The van der Waals surface area contributed by atoms with E-state index in [4.69, 9.17) is 4.74 Å². The third-order valence-corrected chi connectivity index (χ3v) is 10.0. The Labute approximate surface area is 316 Å². The minimum absolute atomic E-state index is 0.0244. The molecule has 0 aliphatic rings. The number of hydrogen-bond donors (Lipinski definition) is 3. The molecule has 0 aromatic heterocycles. The number of carbonyl (C=O) groups excluding carboxylic acids is 2. The molecule has 0 heterocycles. The van der Waals surface area contributed by atoms with Crippen molar-refractivity contribution >= 4 is 11.9 Å². The second kappa shape index (κ2) is 39.5. The average molecular weight is 720 g/mol. The predicted molar refractivity (Wildman–Crippen MR) is 218 cm³/mol. The molecule has 6 nitrogen and oxygen atoms in total. The zero-order chi connectivity index (χ0) is 37.5. The molecule has 3 N–H and O–H groups in total. The van der Waals surface area contributed by atoms with Crippen molar-refractivity contribution in [2.75, 3.05) is 6.61 Å². The Kier molecular flexibility index (Phi) is 38.3. The second-order valence-electron chi connectivity index (χ2n) is 15.1. The molecule has 3 atom stereocenters. The van der Waals surface area contributed by atoms with Gasteiger partial charge in [-0.2, -0.15) is 0 Å². The molecule has 0 radical (unpaired) electrons. The van der Waals surface area contributed by atoms with E-state index in [9.17, 15) is 19.8 Å². The number of rotatable bonds is 39. The van der Waals surface area contributed by atoms with Gasteiger partial charge in [-0.25, -0.2) is 0 Å². The van der Waals surface area contributed by atoms with E-state index < -0.39 is 18.2 Å². The highest BCUT2D eigenvalue weighted by atomic mass is 16.5. The fourth-order valence-electron chi connectivity index (χ4n) is 6.63. The monoisotopic (exact) mass is 720 g/mol. The number of nitrogens with one attached hydrogen (secondary N) is 1. The molecule has 0 saturated heterocycles. The molecule has 1 amide bonds. The van der Waals surface area contributed by atoms with Gasteiger partial charge in [-0.05, 0) is 38.2 Å². The maximum Gasteiger partial charge on any atom is 0.306 e. The van der Waals surface area contributed by atoms with Crippen LogP contribution in [0, 0.1) is 0 Å². The summed E-state index contributed by atoms with van der Waals surface area (Å²) < 4.78 is 5.79.